The van der Waals surface area contributed by atoms with Gasteiger partial charge in [-0.1, -0.05) is 0 Å². The molecule has 0 atom stereocenters. The van der Waals surface area contributed by atoms with Crippen molar-refractivity contribution in [2.75, 3.05) is 0 Å². The zero-order valence-corrected chi connectivity index (χ0v) is 6.12. The summed E-state index contributed by atoms with van der Waals surface area (Å²) >= 11 is 0. The number of rotatable bonds is 1. The van der Waals surface area contributed by atoms with Gasteiger partial charge in [-0.25, -0.2) is 9.50 Å². The van der Waals surface area contributed by atoms with E-state index in [1.54, 1.807) is 22.8 Å². The normalized spacial score (nSPS) is 10.5. The van der Waals surface area contributed by atoms with Crippen LogP contribution in [0.1, 0.15) is 0 Å². The third kappa shape index (κ3) is 1.07. The summed E-state index contributed by atoms with van der Waals surface area (Å²) in [6.07, 6.45) is 3.03. The summed E-state index contributed by atoms with van der Waals surface area (Å²) in [4.78, 5) is 3.89. The number of fused-ring (bicyclic) bond motifs is 1. The molecule has 2 aromatic heterocycles. The molecule has 2 aromatic rings. The van der Waals surface area contributed by atoms with Crippen molar-refractivity contribution in [3.05, 3.63) is 24.7 Å². The van der Waals surface area contributed by atoms with Crippen LogP contribution in [0.4, 0.5) is 0 Å². The van der Waals surface area contributed by atoms with E-state index in [1.807, 2.05) is 0 Å². The molecule has 0 saturated carbocycles. The predicted molar refractivity (Wildman–Crippen MR) is 42.8 cm³/mol. The molecule has 0 bridgehead atoms. The van der Waals surface area contributed by atoms with E-state index in [0.29, 0.717) is 11.1 Å². The maximum absolute atomic E-state index is 8.82. The zero-order valence-electron chi connectivity index (χ0n) is 6.12. The highest BCUT2D eigenvalue weighted by Gasteiger charge is 2.11. The van der Waals surface area contributed by atoms with Gasteiger partial charge in [-0.3, -0.25) is 0 Å². The van der Waals surface area contributed by atoms with Crippen molar-refractivity contribution in [3.63, 3.8) is 0 Å². The van der Waals surface area contributed by atoms with E-state index in [2.05, 4.69) is 10.1 Å². The largest absolute Gasteiger partial charge is 0.488 e. The molecule has 0 aliphatic carbocycles. The molecule has 0 unspecified atom stereocenters. The number of hydrogen-bond acceptors (Lipinski definition) is 4. The second-order valence-corrected chi connectivity index (χ2v) is 2.40. The number of pyridine rings is 1. The van der Waals surface area contributed by atoms with Crippen molar-refractivity contribution in [1.82, 2.24) is 14.6 Å². The molecule has 5 nitrogen and oxygen atoms in total. The Balaban J connectivity index is 2.60. The Morgan fingerprint density at radius 2 is 2.25 bits per heavy atom. The van der Waals surface area contributed by atoms with Crippen LogP contribution in [0.2, 0.25) is 0 Å². The molecule has 6 heteroatoms. The second-order valence-electron chi connectivity index (χ2n) is 2.40. The zero-order chi connectivity index (χ0) is 8.55. The molecule has 60 valence electrons. The van der Waals surface area contributed by atoms with Gasteiger partial charge in [0, 0.05) is 6.20 Å². The van der Waals surface area contributed by atoms with Crippen molar-refractivity contribution >= 4 is 18.2 Å². The topological polar surface area (TPSA) is 70.7 Å². The van der Waals surface area contributed by atoms with Crippen LogP contribution in [0.3, 0.4) is 0 Å². The maximum atomic E-state index is 8.82. The van der Waals surface area contributed by atoms with Gasteiger partial charge < -0.3 is 10.0 Å². The van der Waals surface area contributed by atoms with Gasteiger partial charge in [0.2, 0.25) is 0 Å². The molecule has 0 amide bonds. The molecule has 0 spiro atoms. The van der Waals surface area contributed by atoms with Gasteiger partial charge in [0.1, 0.15) is 6.33 Å². The Morgan fingerprint density at radius 3 is 3.00 bits per heavy atom. The summed E-state index contributed by atoms with van der Waals surface area (Å²) in [5, 5.41) is 21.5. The van der Waals surface area contributed by atoms with Crippen LogP contribution in [0.5, 0.6) is 0 Å². The van der Waals surface area contributed by atoms with E-state index in [9.17, 15) is 0 Å². The van der Waals surface area contributed by atoms with E-state index in [0.717, 1.165) is 0 Å². The lowest BCUT2D eigenvalue weighted by molar-refractivity contribution is 0.425. The lowest BCUT2D eigenvalue weighted by Gasteiger charge is -1.97. The van der Waals surface area contributed by atoms with E-state index in [1.165, 1.54) is 6.33 Å². The Morgan fingerprint density at radius 1 is 1.42 bits per heavy atom. The minimum Gasteiger partial charge on any atom is -0.423 e. The Kier molecular flexibility index (Phi) is 1.56. The van der Waals surface area contributed by atoms with Crippen molar-refractivity contribution in [1.29, 1.82) is 0 Å². The third-order valence-corrected chi connectivity index (χ3v) is 1.60. The monoisotopic (exact) mass is 163 g/mol. The van der Waals surface area contributed by atoms with E-state index in [-0.39, 0.29) is 0 Å². The summed E-state index contributed by atoms with van der Waals surface area (Å²) in [6.45, 7) is 0. The Hall–Kier alpha value is -1.40. The molecule has 2 heterocycles. The standard InChI is InChI=1S/C6H6BN3O2/c11-7(12)5-1-2-10-6(3-5)8-4-9-10/h1-4,11-12H. The molecule has 0 aliphatic heterocycles. The average Bonchev–Trinajstić information content (AvgIpc) is 2.49. The van der Waals surface area contributed by atoms with Gasteiger partial charge in [-0.05, 0) is 17.6 Å². The summed E-state index contributed by atoms with van der Waals surface area (Å²) in [7, 11) is -1.45. The summed E-state index contributed by atoms with van der Waals surface area (Å²) in [6, 6.07) is 3.14. The van der Waals surface area contributed by atoms with Crippen LogP contribution in [0.15, 0.2) is 24.7 Å². The van der Waals surface area contributed by atoms with Crippen molar-refractivity contribution < 1.29 is 10.0 Å². The fraction of sp³-hybridized carbons (Fsp3) is 0. The van der Waals surface area contributed by atoms with Crippen LogP contribution in [-0.4, -0.2) is 31.8 Å². The molecular weight excluding hydrogens is 157 g/mol. The molecule has 0 fully saturated rings. The smallest absolute Gasteiger partial charge is 0.423 e. The van der Waals surface area contributed by atoms with E-state index in [4.69, 9.17) is 10.0 Å². The minimum absolute atomic E-state index is 0.413. The maximum Gasteiger partial charge on any atom is 0.488 e. The molecule has 2 rings (SSSR count). The van der Waals surface area contributed by atoms with Gasteiger partial charge in [0.05, 0.1) is 0 Å². The van der Waals surface area contributed by atoms with E-state index < -0.39 is 7.12 Å². The Labute approximate surface area is 68.4 Å². The predicted octanol–water partition coefficient (Wildman–Crippen LogP) is -1.59. The van der Waals surface area contributed by atoms with Crippen molar-refractivity contribution in [2.45, 2.75) is 0 Å². The molecule has 0 saturated heterocycles. The SMILES string of the molecule is OB(O)c1ccn2ncnc2c1. The summed E-state index contributed by atoms with van der Waals surface area (Å²) < 4.78 is 1.55. The van der Waals surface area contributed by atoms with Gasteiger partial charge >= 0.3 is 7.12 Å². The van der Waals surface area contributed by atoms with Crippen LogP contribution in [0, 0.1) is 0 Å². The van der Waals surface area contributed by atoms with Crippen molar-refractivity contribution in [2.24, 2.45) is 0 Å². The summed E-state index contributed by atoms with van der Waals surface area (Å²) in [5.41, 5.74) is 1.01. The third-order valence-electron chi connectivity index (χ3n) is 1.60. The lowest BCUT2D eigenvalue weighted by Crippen LogP contribution is -2.29. The average molecular weight is 163 g/mol. The first-order valence-corrected chi connectivity index (χ1v) is 3.43. The van der Waals surface area contributed by atoms with Crippen LogP contribution in [-0.2, 0) is 0 Å². The second kappa shape index (κ2) is 2.58. The highest BCUT2D eigenvalue weighted by molar-refractivity contribution is 6.58. The molecule has 2 N–H and O–H groups in total. The number of hydrogen-bond donors (Lipinski definition) is 2. The first-order chi connectivity index (χ1) is 5.77. The molecule has 12 heavy (non-hydrogen) atoms. The van der Waals surface area contributed by atoms with Gasteiger partial charge in [-0.2, -0.15) is 5.10 Å². The fourth-order valence-electron chi connectivity index (χ4n) is 0.992. The summed E-state index contributed by atoms with van der Waals surface area (Å²) in [5.74, 6) is 0. The highest BCUT2D eigenvalue weighted by Crippen LogP contribution is 1.93. The van der Waals surface area contributed by atoms with Gasteiger partial charge in [-0.15, -0.1) is 0 Å². The Bertz CT molecular complexity index is 400. The molecule has 0 radical (unpaired) electrons. The molecule has 0 aliphatic rings. The van der Waals surface area contributed by atoms with Crippen LogP contribution in [0.25, 0.3) is 5.65 Å². The molecular formula is C6H6BN3O2. The van der Waals surface area contributed by atoms with Gasteiger partial charge in [0.25, 0.3) is 0 Å². The van der Waals surface area contributed by atoms with E-state index >= 15 is 0 Å². The molecule has 0 aromatic carbocycles. The fourth-order valence-corrected chi connectivity index (χ4v) is 0.992. The van der Waals surface area contributed by atoms with Crippen LogP contribution < -0.4 is 5.46 Å². The first kappa shape index (κ1) is 7.26. The quantitative estimate of drug-likeness (QED) is 0.497. The lowest BCUT2D eigenvalue weighted by atomic mass is 9.81. The van der Waals surface area contributed by atoms with Gasteiger partial charge in [0.15, 0.2) is 5.65 Å². The van der Waals surface area contributed by atoms with Crippen molar-refractivity contribution in [3.8, 4) is 0 Å². The minimum atomic E-state index is -1.45. The first-order valence-electron chi connectivity index (χ1n) is 3.43. The highest BCUT2D eigenvalue weighted by atomic mass is 16.4. The number of aromatic nitrogens is 3. The number of nitrogens with zero attached hydrogens (tertiary/aromatic N) is 3. The van der Waals surface area contributed by atoms with Crippen LogP contribution >= 0.6 is 0 Å².